The molecule has 0 aromatic heterocycles. The van der Waals surface area contributed by atoms with E-state index in [1.54, 1.807) is 0 Å². The summed E-state index contributed by atoms with van der Waals surface area (Å²) in [5.74, 6) is 0.208. The van der Waals surface area contributed by atoms with Crippen LogP contribution in [0.4, 0.5) is 0 Å². The normalized spacial score (nSPS) is 10.4. The Morgan fingerprint density at radius 3 is 1.81 bits per heavy atom. The summed E-state index contributed by atoms with van der Waals surface area (Å²) in [5.41, 5.74) is 0. The van der Waals surface area contributed by atoms with E-state index in [0.29, 0.717) is 12.8 Å². The molecule has 0 atom stereocenters. The van der Waals surface area contributed by atoms with Crippen molar-refractivity contribution < 1.29 is 14.3 Å². The number of hydrogen-bond acceptors (Lipinski definition) is 3. The maximum atomic E-state index is 11.3. The van der Waals surface area contributed by atoms with Gasteiger partial charge in [0.1, 0.15) is 13.2 Å². The van der Waals surface area contributed by atoms with E-state index in [4.69, 9.17) is 4.74 Å². The van der Waals surface area contributed by atoms with Crippen LogP contribution in [0.3, 0.4) is 0 Å². The van der Waals surface area contributed by atoms with Crippen molar-refractivity contribution in [2.24, 2.45) is 0 Å². The molecule has 16 heavy (non-hydrogen) atoms. The third kappa shape index (κ3) is 9.84. The van der Waals surface area contributed by atoms with Gasteiger partial charge in [0.05, 0.1) is 0 Å². The molecule has 0 amide bonds. The Labute approximate surface area is 98.6 Å². The molecule has 0 aromatic carbocycles. The van der Waals surface area contributed by atoms with Crippen LogP contribution < -0.4 is 0 Å². The molecule has 0 radical (unpaired) electrons. The van der Waals surface area contributed by atoms with Gasteiger partial charge in [0.25, 0.3) is 0 Å². The smallest absolute Gasteiger partial charge is 0.158 e. The predicted octanol–water partition coefficient (Wildman–Crippen LogP) is 2.91. The summed E-state index contributed by atoms with van der Waals surface area (Å²) in [6.45, 7) is 4.35. The molecular formula is C13H24O3. The molecule has 0 saturated carbocycles. The summed E-state index contributed by atoms with van der Waals surface area (Å²) in [7, 11) is 0. The van der Waals surface area contributed by atoms with Gasteiger partial charge in [-0.15, -0.1) is 0 Å². The van der Waals surface area contributed by atoms with Crippen LogP contribution in [-0.2, 0) is 14.3 Å². The van der Waals surface area contributed by atoms with Crippen molar-refractivity contribution in [3.05, 3.63) is 0 Å². The molecule has 0 fully saturated rings. The molecule has 0 aliphatic rings. The lowest BCUT2D eigenvalue weighted by atomic mass is 10.1. The van der Waals surface area contributed by atoms with Gasteiger partial charge in [-0.05, 0) is 12.8 Å². The number of ether oxygens (including phenoxy) is 1. The van der Waals surface area contributed by atoms with E-state index in [9.17, 15) is 9.59 Å². The van der Waals surface area contributed by atoms with Crippen molar-refractivity contribution >= 4 is 11.6 Å². The molecule has 0 aliphatic carbocycles. The minimum atomic E-state index is 0.0967. The minimum Gasteiger partial charge on any atom is -0.366 e. The molecule has 0 spiro atoms. The van der Waals surface area contributed by atoms with Gasteiger partial charge >= 0.3 is 0 Å². The second-order valence-corrected chi connectivity index (χ2v) is 4.13. The number of hydrogen-bond donors (Lipinski definition) is 0. The lowest BCUT2D eigenvalue weighted by Crippen LogP contribution is -2.14. The minimum absolute atomic E-state index is 0.0967. The molecule has 0 heterocycles. The van der Waals surface area contributed by atoms with Crippen LogP contribution >= 0.6 is 0 Å². The predicted molar refractivity (Wildman–Crippen MR) is 64.5 cm³/mol. The van der Waals surface area contributed by atoms with Gasteiger partial charge in [-0.25, -0.2) is 0 Å². The van der Waals surface area contributed by atoms with E-state index < -0.39 is 0 Å². The van der Waals surface area contributed by atoms with Gasteiger partial charge in [0, 0.05) is 12.8 Å². The SMILES string of the molecule is CCCCCC(=O)COCC(=O)CCCC. The highest BCUT2D eigenvalue weighted by atomic mass is 16.5. The van der Waals surface area contributed by atoms with Crippen molar-refractivity contribution in [3.63, 3.8) is 0 Å². The van der Waals surface area contributed by atoms with E-state index in [1.165, 1.54) is 0 Å². The first-order valence-electron chi connectivity index (χ1n) is 6.31. The number of rotatable bonds is 11. The topological polar surface area (TPSA) is 43.4 Å². The van der Waals surface area contributed by atoms with E-state index in [-0.39, 0.29) is 24.8 Å². The Kier molecular flexibility index (Phi) is 10.3. The molecule has 3 heteroatoms. The van der Waals surface area contributed by atoms with Crippen molar-refractivity contribution in [2.45, 2.75) is 58.8 Å². The van der Waals surface area contributed by atoms with Crippen LogP contribution in [0.5, 0.6) is 0 Å². The van der Waals surface area contributed by atoms with Gasteiger partial charge in [0.2, 0.25) is 0 Å². The number of carbonyl (C=O) groups is 2. The lowest BCUT2D eigenvalue weighted by molar-refractivity contribution is -0.128. The summed E-state index contributed by atoms with van der Waals surface area (Å²) in [4.78, 5) is 22.5. The number of Topliss-reactive ketones (excluding diaryl/α,β-unsaturated/α-hetero) is 2. The van der Waals surface area contributed by atoms with Crippen molar-refractivity contribution in [1.29, 1.82) is 0 Å². The number of unbranched alkanes of at least 4 members (excludes halogenated alkanes) is 3. The summed E-state index contributed by atoms with van der Waals surface area (Å²) in [5, 5.41) is 0. The van der Waals surface area contributed by atoms with Gasteiger partial charge in [-0.2, -0.15) is 0 Å². The highest BCUT2D eigenvalue weighted by Crippen LogP contribution is 2.00. The molecule has 0 N–H and O–H groups in total. The maximum absolute atomic E-state index is 11.3. The van der Waals surface area contributed by atoms with Crippen LogP contribution in [0, 0.1) is 0 Å². The van der Waals surface area contributed by atoms with Gasteiger partial charge in [0.15, 0.2) is 11.6 Å². The summed E-state index contributed by atoms with van der Waals surface area (Å²) in [6.07, 6.45) is 6.21. The Hall–Kier alpha value is -0.700. The summed E-state index contributed by atoms with van der Waals surface area (Å²) < 4.78 is 5.09. The molecule has 0 aliphatic heterocycles. The van der Waals surface area contributed by atoms with E-state index >= 15 is 0 Å². The number of carbonyl (C=O) groups excluding carboxylic acids is 2. The molecule has 0 unspecified atom stereocenters. The Morgan fingerprint density at radius 2 is 1.31 bits per heavy atom. The largest absolute Gasteiger partial charge is 0.366 e. The van der Waals surface area contributed by atoms with Crippen molar-refractivity contribution in [1.82, 2.24) is 0 Å². The summed E-state index contributed by atoms with van der Waals surface area (Å²) in [6, 6.07) is 0. The van der Waals surface area contributed by atoms with Crippen LogP contribution in [0.1, 0.15) is 58.8 Å². The molecule has 0 aromatic rings. The first-order chi connectivity index (χ1) is 7.70. The molecule has 0 bridgehead atoms. The molecule has 0 saturated heterocycles. The monoisotopic (exact) mass is 228 g/mol. The lowest BCUT2D eigenvalue weighted by Gasteiger charge is -2.02. The zero-order chi connectivity index (χ0) is 12.2. The average Bonchev–Trinajstić information content (AvgIpc) is 2.26. The fourth-order valence-corrected chi connectivity index (χ4v) is 1.37. The second kappa shape index (κ2) is 10.8. The summed E-state index contributed by atoms with van der Waals surface area (Å²) >= 11 is 0. The van der Waals surface area contributed by atoms with Crippen LogP contribution in [0.15, 0.2) is 0 Å². The third-order valence-corrected chi connectivity index (χ3v) is 2.39. The molecule has 94 valence electrons. The fourth-order valence-electron chi connectivity index (χ4n) is 1.37. The van der Waals surface area contributed by atoms with E-state index in [2.05, 4.69) is 6.92 Å². The highest BCUT2D eigenvalue weighted by Gasteiger charge is 2.05. The standard InChI is InChI=1S/C13H24O3/c1-3-5-7-9-13(15)11-16-10-12(14)8-6-4-2/h3-11H2,1-2H3. The number of ketones is 2. The van der Waals surface area contributed by atoms with Crippen LogP contribution in [0.2, 0.25) is 0 Å². The first kappa shape index (κ1) is 15.3. The average molecular weight is 228 g/mol. The van der Waals surface area contributed by atoms with Crippen molar-refractivity contribution in [3.8, 4) is 0 Å². The zero-order valence-electron chi connectivity index (χ0n) is 10.6. The third-order valence-electron chi connectivity index (χ3n) is 2.39. The van der Waals surface area contributed by atoms with Gasteiger partial charge in [-0.3, -0.25) is 9.59 Å². The molecular weight excluding hydrogens is 204 g/mol. The molecule has 3 nitrogen and oxygen atoms in total. The van der Waals surface area contributed by atoms with Crippen LogP contribution in [-0.4, -0.2) is 24.8 Å². The zero-order valence-corrected chi connectivity index (χ0v) is 10.6. The van der Waals surface area contributed by atoms with Gasteiger partial charge in [-0.1, -0.05) is 33.1 Å². The van der Waals surface area contributed by atoms with Crippen LogP contribution in [0.25, 0.3) is 0 Å². The Bertz CT molecular complexity index is 199. The van der Waals surface area contributed by atoms with E-state index in [0.717, 1.165) is 32.1 Å². The van der Waals surface area contributed by atoms with Crippen molar-refractivity contribution in [2.75, 3.05) is 13.2 Å². The fraction of sp³-hybridized carbons (Fsp3) is 0.846. The van der Waals surface area contributed by atoms with Gasteiger partial charge < -0.3 is 4.74 Å². The maximum Gasteiger partial charge on any atom is 0.158 e. The second-order valence-electron chi connectivity index (χ2n) is 4.13. The quantitative estimate of drug-likeness (QED) is 0.511. The molecule has 0 rings (SSSR count). The Morgan fingerprint density at radius 1 is 0.812 bits per heavy atom. The Balaban J connectivity index is 3.36. The van der Waals surface area contributed by atoms with E-state index in [1.807, 2.05) is 6.92 Å². The first-order valence-corrected chi connectivity index (χ1v) is 6.31. The highest BCUT2D eigenvalue weighted by molar-refractivity contribution is 5.81.